The zero-order valence-corrected chi connectivity index (χ0v) is 11.3. The predicted molar refractivity (Wildman–Crippen MR) is 66.5 cm³/mol. The van der Waals surface area contributed by atoms with E-state index in [1.165, 1.54) is 6.20 Å². The molecule has 4 N–H and O–H groups in total. The lowest BCUT2D eigenvalue weighted by atomic mass is 10.4. The summed E-state index contributed by atoms with van der Waals surface area (Å²) in [6.07, 6.45) is 1.44. The molecule has 1 atom stereocenters. The molecule has 9 nitrogen and oxygen atoms in total. The molecule has 0 radical (unpaired) electrons. The van der Waals surface area contributed by atoms with Gasteiger partial charge in [0.2, 0.25) is 10.0 Å². The van der Waals surface area contributed by atoms with Crippen molar-refractivity contribution in [2.75, 3.05) is 7.05 Å². The molecule has 2 heterocycles. The lowest BCUT2D eigenvalue weighted by Gasteiger charge is -2.09. The average Bonchev–Trinajstić information content (AvgIpc) is 2.99. The van der Waals surface area contributed by atoms with Gasteiger partial charge in [0.25, 0.3) is 0 Å². The van der Waals surface area contributed by atoms with E-state index in [1.807, 2.05) is 0 Å². The second-order valence-corrected chi connectivity index (χ2v) is 5.72. The van der Waals surface area contributed by atoms with E-state index in [0.717, 1.165) is 5.69 Å². The molecule has 0 saturated heterocycles. The maximum atomic E-state index is 12.1. The number of sulfonamides is 1. The molecule has 0 fully saturated rings. The fraction of sp³-hybridized carbons (Fsp3) is 0.444. The SMILES string of the molecule is CNCc1cc(S(=O)(=O)NC(C)c2nn[nH]n2)c[nH]1. The van der Waals surface area contributed by atoms with Crippen LogP contribution in [0.1, 0.15) is 24.5 Å². The summed E-state index contributed by atoms with van der Waals surface area (Å²) in [7, 11) is -1.83. The van der Waals surface area contributed by atoms with Crippen molar-refractivity contribution in [3.8, 4) is 0 Å². The number of nitrogens with one attached hydrogen (secondary N) is 4. The summed E-state index contributed by atoms with van der Waals surface area (Å²) in [5.74, 6) is 0.287. The largest absolute Gasteiger partial charge is 0.363 e. The quantitative estimate of drug-likeness (QED) is 0.555. The van der Waals surface area contributed by atoms with Crippen molar-refractivity contribution in [2.45, 2.75) is 24.4 Å². The molecular formula is C9H15N7O2S. The van der Waals surface area contributed by atoms with Crippen molar-refractivity contribution in [2.24, 2.45) is 0 Å². The van der Waals surface area contributed by atoms with Crippen molar-refractivity contribution in [1.82, 2.24) is 35.6 Å². The molecule has 0 bridgehead atoms. The third-order valence-electron chi connectivity index (χ3n) is 2.47. The Hall–Kier alpha value is -1.78. The Morgan fingerprint density at radius 3 is 2.89 bits per heavy atom. The van der Waals surface area contributed by atoms with E-state index >= 15 is 0 Å². The average molecular weight is 285 g/mol. The van der Waals surface area contributed by atoms with Crippen LogP contribution in [0.4, 0.5) is 0 Å². The van der Waals surface area contributed by atoms with Gasteiger partial charge in [0.1, 0.15) is 0 Å². The van der Waals surface area contributed by atoms with Crippen LogP contribution in [0.25, 0.3) is 0 Å². The highest BCUT2D eigenvalue weighted by atomic mass is 32.2. The monoisotopic (exact) mass is 285 g/mol. The number of aromatic amines is 2. The van der Waals surface area contributed by atoms with Crippen LogP contribution in [-0.2, 0) is 16.6 Å². The molecule has 10 heteroatoms. The number of hydrogen-bond acceptors (Lipinski definition) is 6. The van der Waals surface area contributed by atoms with Crippen molar-refractivity contribution in [3.05, 3.63) is 23.8 Å². The maximum absolute atomic E-state index is 12.1. The summed E-state index contributed by atoms with van der Waals surface area (Å²) in [6.45, 7) is 2.21. The van der Waals surface area contributed by atoms with E-state index in [-0.39, 0.29) is 10.7 Å². The Kier molecular flexibility index (Phi) is 3.93. The smallest absolute Gasteiger partial charge is 0.242 e. The molecule has 2 rings (SSSR count). The lowest BCUT2D eigenvalue weighted by molar-refractivity contribution is 0.560. The standard InChI is InChI=1S/C9H15N7O2S/c1-6(9-12-15-16-13-9)14-19(17,18)8-3-7(4-10-2)11-5-8/h3,5-6,10-11,14H,4H2,1-2H3,(H,12,13,15,16). The second kappa shape index (κ2) is 5.47. The van der Waals surface area contributed by atoms with Crippen LogP contribution < -0.4 is 10.0 Å². The molecule has 0 spiro atoms. The highest BCUT2D eigenvalue weighted by Gasteiger charge is 2.21. The van der Waals surface area contributed by atoms with E-state index < -0.39 is 16.1 Å². The zero-order valence-electron chi connectivity index (χ0n) is 10.5. The van der Waals surface area contributed by atoms with Gasteiger partial charge in [0.15, 0.2) is 5.82 Å². The van der Waals surface area contributed by atoms with E-state index in [0.29, 0.717) is 6.54 Å². The van der Waals surface area contributed by atoms with Crippen LogP contribution in [0.2, 0.25) is 0 Å². The van der Waals surface area contributed by atoms with Crippen molar-refractivity contribution < 1.29 is 8.42 Å². The summed E-state index contributed by atoms with van der Waals surface area (Å²) < 4.78 is 26.7. The van der Waals surface area contributed by atoms with Gasteiger partial charge < -0.3 is 10.3 Å². The molecule has 19 heavy (non-hydrogen) atoms. The highest BCUT2D eigenvalue weighted by Crippen LogP contribution is 2.14. The van der Waals surface area contributed by atoms with Crippen LogP contribution in [0, 0.1) is 0 Å². The van der Waals surface area contributed by atoms with E-state index in [1.54, 1.807) is 20.0 Å². The maximum Gasteiger partial charge on any atom is 0.242 e. The van der Waals surface area contributed by atoms with Gasteiger partial charge in [-0.3, -0.25) is 0 Å². The summed E-state index contributed by atoms with van der Waals surface area (Å²) in [6, 6.07) is 1.01. The van der Waals surface area contributed by atoms with Crippen LogP contribution in [0.5, 0.6) is 0 Å². The molecule has 0 aliphatic carbocycles. The molecule has 104 valence electrons. The number of nitrogens with zero attached hydrogens (tertiary/aromatic N) is 3. The van der Waals surface area contributed by atoms with Crippen molar-refractivity contribution in [1.29, 1.82) is 0 Å². The normalized spacial score (nSPS) is 13.6. The van der Waals surface area contributed by atoms with Gasteiger partial charge in [-0.05, 0) is 20.0 Å². The lowest BCUT2D eigenvalue weighted by Crippen LogP contribution is -2.27. The topological polar surface area (TPSA) is 128 Å². The number of aromatic nitrogens is 5. The fourth-order valence-corrected chi connectivity index (χ4v) is 2.79. The van der Waals surface area contributed by atoms with Crippen LogP contribution in [0.3, 0.4) is 0 Å². The van der Waals surface area contributed by atoms with Gasteiger partial charge in [-0.25, -0.2) is 13.1 Å². The number of tetrazole rings is 1. The third-order valence-corrected chi connectivity index (χ3v) is 3.99. The first-order valence-electron chi connectivity index (χ1n) is 5.60. The van der Waals surface area contributed by atoms with Gasteiger partial charge in [0, 0.05) is 18.4 Å². The van der Waals surface area contributed by atoms with E-state index in [2.05, 4.69) is 35.6 Å². The Bertz CT molecular complexity index is 619. The van der Waals surface area contributed by atoms with Crippen molar-refractivity contribution >= 4 is 10.0 Å². The first-order chi connectivity index (χ1) is 9.03. The van der Waals surface area contributed by atoms with Gasteiger partial charge >= 0.3 is 0 Å². The second-order valence-electron chi connectivity index (χ2n) is 4.00. The molecule has 0 aliphatic heterocycles. The molecule has 2 aromatic heterocycles. The molecule has 0 aromatic carbocycles. The van der Waals surface area contributed by atoms with Gasteiger partial charge in [-0.2, -0.15) is 5.21 Å². The Morgan fingerprint density at radius 2 is 2.26 bits per heavy atom. The molecule has 0 amide bonds. The molecule has 0 aliphatic rings. The zero-order chi connectivity index (χ0) is 13.9. The van der Waals surface area contributed by atoms with Gasteiger partial charge in [-0.15, -0.1) is 10.2 Å². The molecule has 0 saturated carbocycles. The van der Waals surface area contributed by atoms with Crippen LogP contribution in [0.15, 0.2) is 17.2 Å². The first-order valence-corrected chi connectivity index (χ1v) is 7.09. The Balaban J connectivity index is 2.13. The highest BCUT2D eigenvalue weighted by molar-refractivity contribution is 7.89. The third kappa shape index (κ3) is 3.16. The molecular weight excluding hydrogens is 270 g/mol. The summed E-state index contributed by atoms with van der Waals surface area (Å²) >= 11 is 0. The fourth-order valence-electron chi connectivity index (χ4n) is 1.57. The van der Waals surface area contributed by atoms with E-state index in [4.69, 9.17) is 0 Å². The Labute approximate surface area is 110 Å². The van der Waals surface area contributed by atoms with Crippen molar-refractivity contribution in [3.63, 3.8) is 0 Å². The number of H-pyrrole nitrogens is 2. The molecule has 2 aromatic rings. The first kappa shape index (κ1) is 13.6. The van der Waals surface area contributed by atoms with Gasteiger partial charge in [0.05, 0.1) is 10.9 Å². The van der Waals surface area contributed by atoms with Gasteiger partial charge in [-0.1, -0.05) is 5.21 Å². The summed E-state index contributed by atoms with van der Waals surface area (Å²) in [4.78, 5) is 3.06. The number of rotatable bonds is 6. The predicted octanol–water partition coefficient (Wildman–Crippen LogP) is -0.713. The minimum atomic E-state index is -3.61. The molecule has 1 unspecified atom stereocenters. The summed E-state index contributed by atoms with van der Waals surface area (Å²) in [5, 5.41) is 16.1. The number of hydrogen-bond donors (Lipinski definition) is 4. The minimum Gasteiger partial charge on any atom is -0.363 e. The van der Waals surface area contributed by atoms with Crippen LogP contribution >= 0.6 is 0 Å². The van der Waals surface area contributed by atoms with E-state index in [9.17, 15) is 8.42 Å². The van der Waals surface area contributed by atoms with Crippen LogP contribution in [-0.4, -0.2) is 41.1 Å². The Morgan fingerprint density at radius 1 is 1.47 bits per heavy atom. The minimum absolute atomic E-state index is 0.174. The summed E-state index contributed by atoms with van der Waals surface area (Å²) in [5.41, 5.74) is 0.787.